The minimum atomic E-state index is -4.23. The molecule has 1 aliphatic heterocycles. The molecule has 3 nitrogen and oxygen atoms in total. The SMILES string of the molecule is CCNCc1cc(N2CC=C(C(F)(F)F)CC2)ncc1Cl. The molecule has 116 valence electrons. The van der Waals surface area contributed by atoms with Crippen molar-refractivity contribution in [2.24, 2.45) is 0 Å². The summed E-state index contributed by atoms with van der Waals surface area (Å²) in [5, 5.41) is 3.73. The van der Waals surface area contributed by atoms with Crippen LogP contribution in [0.3, 0.4) is 0 Å². The molecule has 21 heavy (non-hydrogen) atoms. The summed E-state index contributed by atoms with van der Waals surface area (Å²) >= 11 is 6.07. The van der Waals surface area contributed by atoms with Crippen molar-refractivity contribution in [2.75, 3.05) is 24.5 Å². The summed E-state index contributed by atoms with van der Waals surface area (Å²) in [4.78, 5) is 6.03. The highest BCUT2D eigenvalue weighted by molar-refractivity contribution is 6.31. The number of pyridine rings is 1. The molecule has 0 unspecified atom stereocenters. The quantitative estimate of drug-likeness (QED) is 0.860. The van der Waals surface area contributed by atoms with Crippen molar-refractivity contribution in [3.8, 4) is 0 Å². The summed E-state index contributed by atoms with van der Waals surface area (Å²) < 4.78 is 37.8. The number of anilines is 1. The van der Waals surface area contributed by atoms with Crippen LogP contribution in [0, 0.1) is 0 Å². The molecule has 0 atom stereocenters. The molecule has 0 fully saturated rings. The summed E-state index contributed by atoms with van der Waals surface area (Å²) in [7, 11) is 0. The van der Waals surface area contributed by atoms with E-state index in [1.807, 2.05) is 17.9 Å². The van der Waals surface area contributed by atoms with Crippen LogP contribution in [0.2, 0.25) is 5.02 Å². The van der Waals surface area contributed by atoms with Crippen LogP contribution in [0.1, 0.15) is 18.9 Å². The first-order chi connectivity index (χ1) is 9.91. The fraction of sp³-hybridized carbons (Fsp3) is 0.500. The van der Waals surface area contributed by atoms with E-state index in [1.54, 1.807) is 6.20 Å². The monoisotopic (exact) mass is 319 g/mol. The van der Waals surface area contributed by atoms with E-state index >= 15 is 0 Å². The van der Waals surface area contributed by atoms with Crippen molar-refractivity contribution in [3.05, 3.63) is 34.5 Å². The second-order valence-electron chi connectivity index (χ2n) is 4.84. The van der Waals surface area contributed by atoms with Gasteiger partial charge >= 0.3 is 6.18 Å². The maximum Gasteiger partial charge on any atom is 0.412 e. The van der Waals surface area contributed by atoms with E-state index in [2.05, 4.69) is 10.3 Å². The average Bonchev–Trinajstić information content (AvgIpc) is 2.46. The number of halogens is 4. The highest BCUT2D eigenvalue weighted by Crippen LogP contribution is 2.31. The predicted octanol–water partition coefficient (Wildman–Crippen LogP) is 3.54. The van der Waals surface area contributed by atoms with Gasteiger partial charge in [-0.15, -0.1) is 0 Å². The van der Waals surface area contributed by atoms with Gasteiger partial charge in [0.25, 0.3) is 0 Å². The Bertz CT molecular complexity index is 529. The van der Waals surface area contributed by atoms with Crippen LogP contribution in [-0.2, 0) is 6.54 Å². The first-order valence-corrected chi connectivity index (χ1v) is 7.16. The van der Waals surface area contributed by atoms with Crippen LogP contribution < -0.4 is 10.2 Å². The maximum atomic E-state index is 12.6. The van der Waals surface area contributed by atoms with Crippen molar-refractivity contribution >= 4 is 17.4 Å². The second-order valence-corrected chi connectivity index (χ2v) is 5.24. The van der Waals surface area contributed by atoms with E-state index in [4.69, 9.17) is 11.6 Å². The standard InChI is InChI=1S/C14H17ClF3N3/c1-2-19-8-10-7-13(20-9-12(10)15)21-5-3-11(4-6-21)14(16,17)18/h3,7,9,19H,2,4-6,8H2,1H3. The molecule has 0 saturated carbocycles. The Morgan fingerprint density at radius 3 is 2.76 bits per heavy atom. The van der Waals surface area contributed by atoms with Gasteiger partial charge in [0.2, 0.25) is 0 Å². The van der Waals surface area contributed by atoms with Crippen LogP contribution in [0.25, 0.3) is 0 Å². The Kier molecular flexibility index (Phi) is 5.11. The van der Waals surface area contributed by atoms with Crippen molar-refractivity contribution in [3.63, 3.8) is 0 Å². The summed E-state index contributed by atoms with van der Waals surface area (Å²) in [5.41, 5.74) is 0.440. The predicted molar refractivity (Wildman–Crippen MR) is 77.6 cm³/mol. The number of nitrogens with zero attached hydrogens (tertiary/aromatic N) is 2. The van der Waals surface area contributed by atoms with Gasteiger partial charge in [0.15, 0.2) is 0 Å². The van der Waals surface area contributed by atoms with Gasteiger partial charge in [-0.05, 0) is 24.6 Å². The number of aromatic nitrogens is 1. The van der Waals surface area contributed by atoms with E-state index in [0.29, 0.717) is 23.9 Å². The highest BCUT2D eigenvalue weighted by Gasteiger charge is 2.34. The topological polar surface area (TPSA) is 28.2 Å². The zero-order valence-corrected chi connectivity index (χ0v) is 12.4. The zero-order valence-electron chi connectivity index (χ0n) is 11.7. The van der Waals surface area contributed by atoms with Gasteiger partial charge in [0.1, 0.15) is 5.82 Å². The van der Waals surface area contributed by atoms with Gasteiger partial charge in [0, 0.05) is 31.4 Å². The van der Waals surface area contributed by atoms with Gasteiger partial charge in [-0.1, -0.05) is 24.6 Å². The number of rotatable bonds is 4. The third-order valence-electron chi connectivity index (χ3n) is 3.38. The highest BCUT2D eigenvalue weighted by atomic mass is 35.5. The Hall–Kier alpha value is -1.27. The molecule has 7 heteroatoms. The van der Waals surface area contributed by atoms with Crippen LogP contribution in [-0.4, -0.2) is 30.8 Å². The molecule has 0 radical (unpaired) electrons. The lowest BCUT2D eigenvalue weighted by Crippen LogP contribution is -2.32. The molecule has 0 saturated heterocycles. The molecule has 0 spiro atoms. The maximum absolute atomic E-state index is 12.6. The normalized spacial score (nSPS) is 16.0. The molecule has 2 heterocycles. The van der Waals surface area contributed by atoms with Crippen molar-refractivity contribution in [1.29, 1.82) is 0 Å². The van der Waals surface area contributed by atoms with E-state index < -0.39 is 11.7 Å². The van der Waals surface area contributed by atoms with Crippen LogP contribution >= 0.6 is 11.6 Å². The zero-order chi connectivity index (χ0) is 15.5. The van der Waals surface area contributed by atoms with Crippen molar-refractivity contribution in [1.82, 2.24) is 10.3 Å². The molecular weight excluding hydrogens is 303 g/mol. The molecule has 0 bridgehead atoms. The van der Waals surface area contributed by atoms with Gasteiger partial charge in [-0.2, -0.15) is 13.2 Å². The second kappa shape index (κ2) is 6.66. The number of hydrogen-bond donors (Lipinski definition) is 1. The molecule has 1 N–H and O–H groups in total. The lowest BCUT2D eigenvalue weighted by atomic mass is 10.1. The van der Waals surface area contributed by atoms with E-state index in [-0.39, 0.29) is 13.0 Å². The molecule has 0 amide bonds. The van der Waals surface area contributed by atoms with E-state index in [9.17, 15) is 13.2 Å². The Labute approximate surface area is 126 Å². The number of nitrogens with one attached hydrogen (secondary N) is 1. The lowest BCUT2D eigenvalue weighted by molar-refractivity contribution is -0.0944. The molecular formula is C14H17ClF3N3. The molecule has 1 aliphatic rings. The number of hydrogen-bond acceptors (Lipinski definition) is 3. The Morgan fingerprint density at radius 1 is 1.43 bits per heavy atom. The summed E-state index contributed by atoms with van der Waals surface area (Å²) in [5.74, 6) is 0.657. The lowest BCUT2D eigenvalue weighted by Gasteiger charge is -2.28. The molecule has 0 aromatic carbocycles. The Balaban J connectivity index is 2.11. The first-order valence-electron chi connectivity index (χ1n) is 6.78. The fourth-order valence-corrected chi connectivity index (χ4v) is 2.34. The van der Waals surface area contributed by atoms with Gasteiger partial charge in [-0.25, -0.2) is 4.98 Å². The molecule has 1 aromatic heterocycles. The minimum Gasteiger partial charge on any atom is -0.353 e. The smallest absolute Gasteiger partial charge is 0.353 e. The van der Waals surface area contributed by atoms with Crippen molar-refractivity contribution in [2.45, 2.75) is 26.1 Å². The van der Waals surface area contributed by atoms with Gasteiger partial charge < -0.3 is 10.2 Å². The fourth-order valence-electron chi connectivity index (χ4n) is 2.17. The number of alkyl halides is 3. The van der Waals surface area contributed by atoms with Crippen molar-refractivity contribution < 1.29 is 13.2 Å². The van der Waals surface area contributed by atoms with E-state index in [1.165, 1.54) is 6.08 Å². The minimum absolute atomic E-state index is 0.0175. The summed E-state index contributed by atoms with van der Waals surface area (Å²) in [6.07, 6.45) is -1.47. The van der Waals surface area contributed by atoms with Crippen LogP contribution in [0.4, 0.5) is 19.0 Å². The molecule has 0 aliphatic carbocycles. The van der Waals surface area contributed by atoms with Crippen LogP contribution in [0.5, 0.6) is 0 Å². The molecule has 2 rings (SSSR count). The summed E-state index contributed by atoms with van der Waals surface area (Å²) in [6.45, 7) is 3.94. The van der Waals surface area contributed by atoms with Crippen LogP contribution in [0.15, 0.2) is 23.9 Å². The molecule has 1 aromatic rings. The largest absolute Gasteiger partial charge is 0.412 e. The summed E-state index contributed by atoms with van der Waals surface area (Å²) in [6, 6.07) is 1.83. The Morgan fingerprint density at radius 2 is 2.19 bits per heavy atom. The average molecular weight is 320 g/mol. The van der Waals surface area contributed by atoms with Gasteiger partial charge in [0.05, 0.1) is 5.02 Å². The van der Waals surface area contributed by atoms with E-state index in [0.717, 1.165) is 12.1 Å². The van der Waals surface area contributed by atoms with Gasteiger partial charge in [-0.3, -0.25) is 0 Å². The first kappa shape index (κ1) is 16.1. The third-order valence-corrected chi connectivity index (χ3v) is 3.72. The third kappa shape index (κ3) is 4.11.